The summed E-state index contributed by atoms with van der Waals surface area (Å²) in [7, 11) is 3.16. The van der Waals surface area contributed by atoms with Crippen LogP contribution in [-0.2, 0) is 0 Å². The Kier molecular flexibility index (Phi) is 5.49. The van der Waals surface area contributed by atoms with E-state index in [1.807, 2.05) is 66.7 Å². The standard InChI is InChI=1S/C23H20O3/c1-25-21-13-14-22(26-2)23(20(21)16-24)19(18-11-7-4-8-12-18)15-17-9-5-3-6-10-17/h3-16H,1-2H3/b19-15+. The van der Waals surface area contributed by atoms with Crippen LogP contribution in [-0.4, -0.2) is 20.5 Å². The molecule has 0 aliphatic heterocycles. The van der Waals surface area contributed by atoms with Crippen molar-refractivity contribution in [3.05, 3.63) is 95.1 Å². The fourth-order valence-electron chi connectivity index (χ4n) is 2.96. The van der Waals surface area contributed by atoms with Crippen LogP contribution in [0.4, 0.5) is 0 Å². The molecule has 0 amide bonds. The van der Waals surface area contributed by atoms with Gasteiger partial charge in [0.25, 0.3) is 0 Å². The zero-order valence-electron chi connectivity index (χ0n) is 14.8. The molecule has 0 aliphatic rings. The molecular formula is C23H20O3. The molecule has 0 saturated heterocycles. The number of hydrogen-bond donors (Lipinski definition) is 0. The first-order valence-electron chi connectivity index (χ1n) is 8.31. The summed E-state index contributed by atoms with van der Waals surface area (Å²) < 4.78 is 11.0. The van der Waals surface area contributed by atoms with Gasteiger partial charge in [-0.2, -0.15) is 0 Å². The molecular weight excluding hydrogens is 324 g/mol. The third kappa shape index (κ3) is 3.52. The van der Waals surface area contributed by atoms with Gasteiger partial charge in [0.05, 0.1) is 19.8 Å². The lowest BCUT2D eigenvalue weighted by molar-refractivity contribution is 0.112. The fraction of sp³-hybridized carbons (Fsp3) is 0.0870. The molecule has 0 saturated carbocycles. The maximum absolute atomic E-state index is 11.9. The van der Waals surface area contributed by atoms with E-state index in [0.29, 0.717) is 17.1 Å². The molecule has 0 unspecified atom stereocenters. The maximum Gasteiger partial charge on any atom is 0.154 e. The number of hydrogen-bond acceptors (Lipinski definition) is 3. The molecule has 0 aromatic heterocycles. The average molecular weight is 344 g/mol. The van der Waals surface area contributed by atoms with Crippen molar-refractivity contribution in [3.63, 3.8) is 0 Å². The Hall–Kier alpha value is -3.33. The van der Waals surface area contributed by atoms with E-state index >= 15 is 0 Å². The number of benzene rings is 3. The van der Waals surface area contributed by atoms with Crippen molar-refractivity contribution in [1.82, 2.24) is 0 Å². The Morgan fingerprint density at radius 3 is 1.92 bits per heavy atom. The lowest BCUT2D eigenvalue weighted by atomic mass is 9.91. The monoisotopic (exact) mass is 344 g/mol. The van der Waals surface area contributed by atoms with Gasteiger partial charge in [-0.1, -0.05) is 60.7 Å². The average Bonchev–Trinajstić information content (AvgIpc) is 2.72. The van der Waals surface area contributed by atoms with Gasteiger partial charge in [-0.3, -0.25) is 4.79 Å². The van der Waals surface area contributed by atoms with Gasteiger partial charge in [-0.25, -0.2) is 0 Å². The molecule has 26 heavy (non-hydrogen) atoms. The van der Waals surface area contributed by atoms with E-state index in [1.54, 1.807) is 20.3 Å². The van der Waals surface area contributed by atoms with E-state index in [0.717, 1.165) is 28.5 Å². The van der Waals surface area contributed by atoms with Gasteiger partial charge in [0.2, 0.25) is 0 Å². The van der Waals surface area contributed by atoms with Crippen LogP contribution in [0.3, 0.4) is 0 Å². The highest BCUT2D eigenvalue weighted by Gasteiger charge is 2.19. The van der Waals surface area contributed by atoms with Crippen molar-refractivity contribution in [2.45, 2.75) is 0 Å². The summed E-state index contributed by atoms with van der Waals surface area (Å²) in [6, 6.07) is 23.5. The van der Waals surface area contributed by atoms with Crippen molar-refractivity contribution in [2.24, 2.45) is 0 Å². The second-order valence-electron chi connectivity index (χ2n) is 5.71. The Morgan fingerprint density at radius 1 is 0.769 bits per heavy atom. The largest absolute Gasteiger partial charge is 0.496 e. The van der Waals surface area contributed by atoms with Crippen LogP contribution in [0.15, 0.2) is 72.8 Å². The van der Waals surface area contributed by atoms with Crippen molar-refractivity contribution in [3.8, 4) is 11.5 Å². The molecule has 0 spiro atoms. The Bertz CT molecular complexity index is 913. The third-order valence-electron chi connectivity index (χ3n) is 4.19. The highest BCUT2D eigenvalue weighted by atomic mass is 16.5. The lowest BCUT2D eigenvalue weighted by Crippen LogP contribution is -2.02. The van der Waals surface area contributed by atoms with Crippen LogP contribution in [0.2, 0.25) is 0 Å². The molecule has 3 rings (SSSR count). The number of carbonyl (C=O) groups is 1. The van der Waals surface area contributed by atoms with Crippen LogP contribution in [0.1, 0.15) is 27.0 Å². The number of ether oxygens (including phenoxy) is 2. The van der Waals surface area contributed by atoms with Crippen molar-refractivity contribution in [1.29, 1.82) is 0 Å². The highest BCUT2D eigenvalue weighted by molar-refractivity contribution is 6.00. The SMILES string of the molecule is COc1ccc(OC)c(/C(=C/c2ccccc2)c2ccccc2)c1C=O. The first-order valence-corrected chi connectivity index (χ1v) is 8.31. The molecule has 0 fully saturated rings. The summed E-state index contributed by atoms with van der Waals surface area (Å²) in [6.07, 6.45) is 2.87. The zero-order valence-corrected chi connectivity index (χ0v) is 14.8. The fourth-order valence-corrected chi connectivity index (χ4v) is 2.96. The van der Waals surface area contributed by atoms with Crippen LogP contribution in [0, 0.1) is 0 Å². The maximum atomic E-state index is 11.9. The van der Waals surface area contributed by atoms with Gasteiger partial charge in [0.15, 0.2) is 6.29 Å². The zero-order chi connectivity index (χ0) is 18.4. The quantitative estimate of drug-likeness (QED) is 0.461. The Labute approximate surface area is 153 Å². The van der Waals surface area contributed by atoms with Gasteiger partial charge in [-0.15, -0.1) is 0 Å². The van der Waals surface area contributed by atoms with Gasteiger partial charge in [0, 0.05) is 5.56 Å². The summed E-state index contributed by atoms with van der Waals surface area (Å²) in [5.41, 5.74) is 4.11. The number of carbonyl (C=O) groups excluding carboxylic acids is 1. The van der Waals surface area contributed by atoms with Crippen molar-refractivity contribution in [2.75, 3.05) is 14.2 Å². The summed E-state index contributed by atoms with van der Waals surface area (Å²) in [6.45, 7) is 0. The van der Waals surface area contributed by atoms with E-state index < -0.39 is 0 Å². The second kappa shape index (κ2) is 8.17. The molecule has 0 bridgehead atoms. The third-order valence-corrected chi connectivity index (χ3v) is 4.19. The van der Waals surface area contributed by atoms with E-state index in [9.17, 15) is 4.79 Å². The lowest BCUT2D eigenvalue weighted by Gasteiger charge is -2.17. The first-order chi connectivity index (χ1) is 12.8. The van der Waals surface area contributed by atoms with Crippen LogP contribution in [0.25, 0.3) is 11.6 Å². The predicted molar refractivity (Wildman–Crippen MR) is 105 cm³/mol. The minimum absolute atomic E-state index is 0.470. The molecule has 0 N–H and O–H groups in total. The predicted octanol–water partition coefficient (Wildman–Crippen LogP) is 5.11. The van der Waals surface area contributed by atoms with E-state index in [-0.39, 0.29) is 0 Å². The van der Waals surface area contributed by atoms with E-state index in [4.69, 9.17) is 9.47 Å². The molecule has 0 aliphatic carbocycles. The summed E-state index contributed by atoms with van der Waals surface area (Å²) >= 11 is 0. The molecule has 3 nitrogen and oxygen atoms in total. The van der Waals surface area contributed by atoms with Crippen LogP contribution >= 0.6 is 0 Å². The normalized spacial score (nSPS) is 11.1. The van der Waals surface area contributed by atoms with E-state index in [1.165, 1.54) is 0 Å². The molecule has 130 valence electrons. The van der Waals surface area contributed by atoms with Crippen molar-refractivity contribution >= 4 is 17.9 Å². The minimum Gasteiger partial charge on any atom is -0.496 e. The first kappa shape index (κ1) is 17.5. The van der Waals surface area contributed by atoms with Gasteiger partial charge in [-0.05, 0) is 34.9 Å². The van der Waals surface area contributed by atoms with Gasteiger partial charge < -0.3 is 9.47 Å². The molecule has 0 atom stereocenters. The second-order valence-corrected chi connectivity index (χ2v) is 5.71. The van der Waals surface area contributed by atoms with Crippen molar-refractivity contribution < 1.29 is 14.3 Å². The molecule has 0 radical (unpaired) electrons. The number of methoxy groups -OCH3 is 2. The molecule has 3 aromatic carbocycles. The van der Waals surface area contributed by atoms with Crippen LogP contribution in [0.5, 0.6) is 11.5 Å². The molecule has 3 heteroatoms. The summed E-state index contributed by atoms with van der Waals surface area (Å²) in [5, 5.41) is 0. The Morgan fingerprint density at radius 2 is 1.35 bits per heavy atom. The van der Waals surface area contributed by atoms with E-state index in [2.05, 4.69) is 6.08 Å². The Balaban J connectivity index is 2.33. The topological polar surface area (TPSA) is 35.5 Å². The molecule has 0 heterocycles. The van der Waals surface area contributed by atoms with Gasteiger partial charge >= 0.3 is 0 Å². The number of aldehydes is 1. The number of rotatable bonds is 6. The minimum atomic E-state index is 0.470. The summed E-state index contributed by atoms with van der Waals surface area (Å²) in [5.74, 6) is 1.14. The van der Waals surface area contributed by atoms with Crippen LogP contribution < -0.4 is 9.47 Å². The molecule has 3 aromatic rings. The van der Waals surface area contributed by atoms with Gasteiger partial charge in [0.1, 0.15) is 11.5 Å². The smallest absolute Gasteiger partial charge is 0.154 e. The summed E-state index contributed by atoms with van der Waals surface area (Å²) in [4.78, 5) is 11.9. The highest BCUT2D eigenvalue weighted by Crippen LogP contribution is 2.38.